The van der Waals surface area contributed by atoms with Gasteiger partial charge in [-0.2, -0.15) is 25.5 Å². The minimum Gasteiger partial charge on any atom is -0.268 e. The number of hydrogen-bond donors (Lipinski definition) is 0. The molecule has 0 aliphatic rings. The largest absolute Gasteiger partial charge is 0.268 e. The molecule has 0 saturated heterocycles. The van der Waals surface area contributed by atoms with Crippen LogP contribution in [0.15, 0.2) is 212 Å². The zero-order chi connectivity index (χ0) is 82.6. The first-order valence-electron chi connectivity index (χ1n) is 38.0. The second kappa shape index (κ2) is 43.4. The number of rotatable bonds is 13. The third-order valence-corrected chi connectivity index (χ3v) is 21.5. The fourth-order valence-corrected chi connectivity index (χ4v) is 14.9. The van der Waals surface area contributed by atoms with E-state index in [4.69, 9.17) is 0 Å². The molecule has 5 heterocycles. The van der Waals surface area contributed by atoms with Crippen molar-refractivity contribution in [1.82, 2.24) is 101 Å². The van der Waals surface area contributed by atoms with Crippen LogP contribution in [0, 0.1) is 94.4 Å². The monoisotopic (exact) mass is 2510 g/mol. The second-order valence-electron chi connectivity index (χ2n) is 31.6. The summed E-state index contributed by atoms with van der Waals surface area (Å²) in [6, 6.07) is 88.4. The van der Waals surface area contributed by atoms with Crippen molar-refractivity contribution in [3.63, 3.8) is 0 Å². The molecule has 0 saturated carbocycles. The van der Waals surface area contributed by atoms with E-state index < -0.39 is 8.07 Å². The van der Waals surface area contributed by atoms with Gasteiger partial charge in [0.15, 0.2) is 0 Å². The maximum atomic E-state index is 14.0. The van der Waals surface area contributed by atoms with E-state index in [1.54, 1.807) is 36.5 Å². The van der Waals surface area contributed by atoms with Gasteiger partial charge in [-0.05, 0) is 101 Å². The average Bonchev–Trinajstić information content (AvgIpc) is 1.77. The van der Waals surface area contributed by atoms with E-state index >= 15 is 0 Å². The molecule has 0 atom stereocenters. The van der Waals surface area contributed by atoms with Crippen molar-refractivity contribution in [3.8, 4) is 124 Å². The molecule has 0 fully saturated rings. The first kappa shape index (κ1) is 97.8. The van der Waals surface area contributed by atoms with Crippen LogP contribution in [0.4, 0.5) is 4.39 Å². The predicted octanol–water partition coefficient (Wildman–Crippen LogP) is 18.4. The summed E-state index contributed by atoms with van der Waals surface area (Å²) in [6.45, 7) is 33.1. The van der Waals surface area contributed by atoms with E-state index in [9.17, 15) is 9.65 Å². The number of para-hydroxylation sites is 1. The molecule has 629 valence electrons. The minimum atomic E-state index is -1.44. The van der Waals surface area contributed by atoms with Crippen LogP contribution in [-0.2, 0) is 134 Å². The molecule has 0 bridgehead atoms. The topological polar surface area (TPSA) is 242 Å². The summed E-state index contributed by atoms with van der Waals surface area (Å²) in [5.41, 5.74) is 24.6. The van der Waals surface area contributed by atoms with Crippen LogP contribution in [0.3, 0.4) is 0 Å². The summed E-state index contributed by atoms with van der Waals surface area (Å²) in [7, 11) is 4.05. The van der Waals surface area contributed by atoms with E-state index in [1.807, 2.05) is 137 Å². The number of nitriles is 1. The maximum Gasteiger partial charge on any atom is 0.104 e. The van der Waals surface area contributed by atoms with Crippen LogP contribution in [0.1, 0.15) is 86.1 Å². The summed E-state index contributed by atoms with van der Waals surface area (Å²) in [5, 5.41) is 70.6. The average molecular weight is 2510 g/mol. The van der Waals surface area contributed by atoms with Gasteiger partial charge in [0, 0.05) is 154 Å². The second-order valence-corrected chi connectivity index (χ2v) is 36.6. The SMILES string of the molecule is Cc1cccc(C)c1-c1cc(C#N)c[c-]c1-c1nnnn1C.Cc1cccc(C)c1-c1cc(F)c[c-]c1-c1nnnn1CC(C)(C)C.Cc1cccc(C)c1-c1cc([Si](C)(C)C)c[c-]c1-c1nnnn1C.Cn1nnnc1-c1[c-]cccc1C(C)(C)C.[Ir].[Ir].[Ir].[Ir].[Ir].[c-]1cccc(-c2ccccc2)c1-c1nnnn1-c1ccccc1-c1ccccc1. The van der Waals surface area contributed by atoms with E-state index in [1.165, 1.54) is 45.1 Å². The van der Waals surface area contributed by atoms with Gasteiger partial charge in [0.1, 0.15) is 5.82 Å². The molecule has 121 heavy (non-hydrogen) atoms. The molecule has 0 unspecified atom stereocenters. The van der Waals surface area contributed by atoms with Crippen molar-refractivity contribution < 1.29 is 105 Å². The van der Waals surface area contributed by atoms with E-state index in [2.05, 4.69) is 288 Å². The Morgan fingerprint density at radius 1 is 0.388 bits per heavy atom. The zero-order valence-electron chi connectivity index (χ0n) is 70.4. The van der Waals surface area contributed by atoms with Crippen molar-refractivity contribution in [2.24, 2.45) is 26.6 Å². The first-order chi connectivity index (χ1) is 55.6. The quantitative estimate of drug-likeness (QED) is 0.0769. The smallest absolute Gasteiger partial charge is 0.104 e. The number of nitrogens with zero attached hydrogens (tertiary/aromatic N) is 21. The van der Waals surface area contributed by atoms with Gasteiger partial charge in [0.05, 0.1) is 29.0 Å². The fraction of sp³-hybridized carbons (Fsp3) is 0.226. The van der Waals surface area contributed by atoms with Crippen molar-refractivity contribution in [2.75, 3.05) is 0 Å². The van der Waals surface area contributed by atoms with Gasteiger partial charge in [-0.15, -0.1) is 119 Å². The van der Waals surface area contributed by atoms with Crippen LogP contribution in [-0.4, -0.2) is 109 Å². The number of hydrogen-bond acceptors (Lipinski definition) is 16. The molecule has 28 heteroatoms. The van der Waals surface area contributed by atoms with Gasteiger partial charge in [-0.25, -0.2) is 9.94 Å². The molecule has 0 N–H and O–H groups in total. The molecule has 5 aromatic heterocycles. The van der Waals surface area contributed by atoms with Crippen LogP contribution in [0.5, 0.6) is 0 Å². The molecule has 16 aromatic rings. The van der Waals surface area contributed by atoms with Gasteiger partial charge in [-0.1, -0.05) is 316 Å². The fourth-order valence-electron chi connectivity index (χ4n) is 13.8. The molecule has 11 aromatic carbocycles. The normalized spacial score (nSPS) is 10.8. The van der Waals surface area contributed by atoms with E-state index in [0.717, 1.165) is 106 Å². The van der Waals surface area contributed by atoms with Crippen molar-refractivity contribution in [1.29, 1.82) is 5.26 Å². The van der Waals surface area contributed by atoms with Gasteiger partial charge < -0.3 is 0 Å². The predicted molar refractivity (Wildman–Crippen MR) is 456 cm³/mol. The minimum absolute atomic E-state index is 0. The molecule has 5 radical (unpaired) electrons. The number of benzene rings is 11. The molecule has 0 aliphatic carbocycles. The number of halogens is 1. The van der Waals surface area contributed by atoms with Crippen LogP contribution in [0.2, 0.25) is 19.6 Å². The van der Waals surface area contributed by atoms with Gasteiger partial charge in [-0.3, -0.25) is 23.1 Å². The Kier molecular flexibility index (Phi) is 35.1. The first-order valence-corrected chi connectivity index (χ1v) is 41.5. The Morgan fingerprint density at radius 3 is 1.26 bits per heavy atom. The van der Waals surface area contributed by atoms with Crippen molar-refractivity contribution >= 4 is 13.3 Å². The zero-order valence-corrected chi connectivity index (χ0v) is 83.3. The standard InChI is InChI=1S/C25H17N4.C20H22FN4.C19H23N4Si.C17H14N5.C12H15N4.5Ir/c1-3-11-19(12-4-1)21-15-7-8-17-23(21)25-26-27-28-29(25)24-18-10-9-16-22(24)20-13-5-2-6-14-20;1-13-7-6-8-14(2)18(13)17-11-15(21)9-10-16(17)19-22-23-24-25(19)12-20(3,4)5;1-13-8-7-9-14(2)18(13)17-12-15(24(4,5)6)10-11-16(17)19-20-21-22-23(19)3;1-11-5-4-6-12(2)16(11)15-9-13(10-18)7-8-14(15)17-19-20-21-22(17)3;1-12(2,3)10-8-6-5-7-9(10)11-13-14-15-16(11)4;;;;;/h1-16,18H;6-9,11H,12H2,1-5H3;7-10,12H,1-6H3;4-7,9H,1-3H3;5-6,8H,1-4H3;;;;;/q5*-1;;;;;. The van der Waals surface area contributed by atoms with Crippen LogP contribution >= 0.6 is 0 Å². The summed E-state index contributed by atoms with van der Waals surface area (Å²) in [6.07, 6.45) is 0. The molecular weight excluding hydrogens is 2420 g/mol. The molecule has 0 spiro atoms. The Hall–Kier alpha value is -10.3. The molecule has 21 nitrogen and oxygen atoms in total. The Labute approximate surface area is 776 Å². The maximum absolute atomic E-state index is 14.0. The van der Waals surface area contributed by atoms with E-state index in [0.29, 0.717) is 35.1 Å². The molecule has 0 aliphatic heterocycles. The van der Waals surface area contributed by atoms with E-state index in [-0.39, 0.29) is 117 Å². The number of aromatic nitrogens is 20. The molecular formula is C93H91FIr5N21Si-5. The summed E-state index contributed by atoms with van der Waals surface area (Å²) < 4.78 is 22.6. The van der Waals surface area contributed by atoms with Crippen molar-refractivity contribution in [3.05, 3.63) is 293 Å². The molecule has 0 amide bonds. The number of aryl methyl sites for hydroxylation is 9. The van der Waals surface area contributed by atoms with Crippen molar-refractivity contribution in [2.45, 2.75) is 115 Å². The third kappa shape index (κ3) is 23.5. The van der Waals surface area contributed by atoms with Gasteiger partial charge >= 0.3 is 0 Å². The Morgan fingerprint density at radius 2 is 0.777 bits per heavy atom. The van der Waals surface area contributed by atoms with Crippen LogP contribution in [0.25, 0.3) is 118 Å². The Balaban J connectivity index is 0.000000208. The molecule has 16 rings (SSSR count). The summed E-state index contributed by atoms with van der Waals surface area (Å²) in [5.74, 6) is 3.07. The van der Waals surface area contributed by atoms with Crippen LogP contribution < -0.4 is 5.19 Å². The summed E-state index contributed by atoms with van der Waals surface area (Å²) in [4.78, 5) is 0. The van der Waals surface area contributed by atoms with Gasteiger partial charge in [0.25, 0.3) is 0 Å². The van der Waals surface area contributed by atoms with Gasteiger partial charge in [0.2, 0.25) is 0 Å². The Bertz CT molecular complexity index is 6000. The summed E-state index contributed by atoms with van der Waals surface area (Å²) >= 11 is 0. The third-order valence-electron chi connectivity index (χ3n) is 19.5. The number of tetrazole rings is 5.